The van der Waals surface area contributed by atoms with Crippen LogP contribution in [0.15, 0.2) is 18.2 Å². The molecule has 0 saturated carbocycles. The maximum absolute atomic E-state index is 12.6. The molecule has 0 aromatic heterocycles. The van der Waals surface area contributed by atoms with Crippen molar-refractivity contribution in [2.24, 2.45) is 0 Å². The van der Waals surface area contributed by atoms with Crippen molar-refractivity contribution in [1.29, 1.82) is 0 Å². The van der Waals surface area contributed by atoms with Gasteiger partial charge in [0.1, 0.15) is 0 Å². The number of benzene rings is 1. The predicted octanol–water partition coefficient (Wildman–Crippen LogP) is 3.58. The van der Waals surface area contributed by atoms with Crippen LogP contribution < -0.4 is 14.8 Å². The van der Waals surface area contributed by atoms with E-state index in [1.54, 1.807) is 6.07 Å². The van der Waals surface area contributed by atoms with E-state index in [-0.39, 0.29) is 31.0 Å². The summed E-state index contributed by atoms with van der Waals surface area (Å²) in [4.78, 5) is 12.6. The van der Waals surface area contributed by atoms with E-state index in [0.717, 1.165) is 32.2 Å². The van der Waals surface area contributed by atoms with Gasteiger partial charge in [-0.05, 0) is 37.6 Å². The van der Waals surface area contributed by atoms with Crippen LogP contribution in [0.5, 0.6) is 11.5 Å². The second-order valence-electron chi connectivity index (χ2n) is 5.08. The molecule has 4 nitrogen and oxygen atoms in total. The van der Waals surface area contributed by atoms with Gasteiger partial charge >= 0.3 is 0 Å². The van der Waals surface area contributed by atoms with E-state index < -0.39 is 0 Å². The SMILES string of the molecule is CCCCC(NCCC)C(=O)c1ccc2c(c1)OCO2.Cl. The van der Waals surface area contributed by atoms with Crippen molar-refractivity contribution in [3.05, 3.63) is 23.8 Å². The number of unbranched alkanes of at least 4 members (excludes halogenated alkanes) is 1. The summed E-state index contributed by atoms with van der Waals surface area (Å²) in [5, 5.41) is 3.35. The molecule has 0 bridgehead atoms. The van der Waals surface area contributed by atoms with E-state index in [4.69, 9.17) is 9.47 Å². The van der Waals surface area contributed by atoms with E-state index in [2.05, 4.69) is 19.2 Å². The second-order valence-corrected chi connectivity index (χ2v) is 5.08. The lowest BCUT2D eigenvalue weighted by atomic mass is 9.99. The van der Waals surface area contributed by atoms with Crippen molar-refractivity contribution in [3.8, 4) is 11.5 Å². The van der Waals surface area contributed by atoms with Crippen molar-refractivity contribution in [1.82, 2.24) is 5.32 Å². The van der Waals surface area contributed by atoms with Gasteiger partial charge in [0.05, 0.1) is 6.04 Å². The summed E-state index contributed by atoms with van der Waals surface area (Å²) in [6.07, 6.45) is 4.05. The normalized spacial score (nSPS) is 13.6. The molecule has 118 valence electrons. The highest BCUT2D eigenvalue weighted by atomic mass is 35.5. The summed E-state index contributed by atoms with van der Waals surface area (Å²) >= 11 is 0. The number of hydrogen-bond donors (Lipinski definition) is 1. The fourth-order valence-electron chi connectivity index (χ4n) is 2.30. The van der Waals surface area contributed by atoms with Gasteiger partial charge in [-0.2, -0.15) is 0 Å². The third-order valence-electron chi connectivity index (χ3n) is 3.46. The number of nitrogens with one attached hydrogen (secondary N) is 1. The highest BCUT2D eigenvalue weighted by molar-refractivity contribution is 6.00. The van der Waals surface area contributed by atoms with Crippen LogP contribution in [-0.4, -0.2) is 25.2 Å². The Bertz CT molecular complexity index is 457. The van der Waals surface area contributed by atoms with Crippen LogP contribution in [0.1, 0.15) is 49.9 Å². The number of Topliss-reactive ketones (excluding diaryl/α,β-unsaturated/α-hetero) is 1. The summed E-state index contributed by atoms with van der Waals surface area (Å²) < 4.78 is 10.6. The molecule has 1 aliphatic rings. The van der Waals surface area contributed by atoms with Crippen molar-refractivity contribution in [3.63, 3.8) is 0 Å². The molecule has 1 aliphatic heterocycles. The Balaban J connectivity index is 0.00000220. The molecule has 1 heterocycles. The fourth-order valence-corrected chi connectivity index (χ4v) is 2.30. The molecule has 0 saturated heterocycles. The summed E-state index contributed by atoms with van der Waals surface area (Å²) in [6.45, 7) is 5.35. The summed E-state index contributed by atoms with van der Waals surface area (Å²) in [5.74, 6) is 1.53. The molecule has 2 rings (SSSR count). The van der Waals surface area contributed by atoms with Gasteiger partial charge < -0.3 is 14.8 Å². The van der Waals surface area contributed by atoms with Crippen LogP contribution in [0.2, 0.25) is 0 Å². The zero-order valence-electron chi connectivity index (χ0n) is 12.7. The van der Waals surface area contributed by atoms with E-state index in [9.17, 15) is 4.79 Å². The molecule has 1 N–H and O–H groups in total. The van der Waals surface area contributed by atoms with Crippen molar-refractivity contribution in [2.75, 3.05) is 13.3 Å². The van der Waals surface area contributed by atoms with Gasteiger partial charge in [-0.1, -0.05) is 26.7 Å². The van der Waals surface area contributed by atoms with Crippen LogP contribution in [0.25, 0.3) is 0 Å². The molecule has 1 aromatic carbocycles. The minimum atomic E-state index is -0.102. The van der Waals surface area contributed by atoms with Gasteiger partial charge in [0.2, 0.25) is 6.79 Å². The first-order valence-electron chi connectivity index (χ1n) is 7.43. The topological polar surface area (TPSA) is 47.6 Å². The number of fused-ring (bicyclic) bond motifs is 1. The minimum Gasteiger partial charge on any atom is -0.454 e. The molecule has 0 fully saturated rings. The maximum Gasteiger partial charge on any atom is 0.231 e. The monoisotopic (exact) mass is 313 g/mol. The smallest absolute Gasteiger partial charge is 0.231 e. The molecule has 0 spiro atoms. The molecule has 1 atom stereocenters. The average Bonchev–Trinajstić information content (AvgIpc) is 2.94. The Morgan fingerprint density at radius 3 is 2.71 bits per heavy atom. The maximum atomic E-state index is 12.6. The number of rotatable bonds is 8. The molecule has 1 unspecified atom stereocenters. The first-order chi connectivity index (χ1) is 9.76. The van der Waals surface area contributed by atoms with Gasteiger partial charge in [0.15, 0.2) is 17.3 Å². The lowest BCUT2D eigenvalue weighted by molar-refractivity contribution is 0.0936. The number of hydrogen-bond acceptors (Lipinski definition) is 4. The number of carbonyl (C=O) groups excluding carboxylic acids is 1. The highest BCUT2D eigenvalue weighted by Crippen LogP contribution is 2.32. The van der Waals surface area contributed by atoms with Crippen molar-refractivity contribution in [2.45, 2.75) is 45.6 Å². The lowest BCUT2D eigenvalue weighted by Crippen LogP contribution is -2.37. The molecule has 21 heavy (non-hydrogen) atoms. The van der Waals surface area contributed by atoms with Crippen molar-refractivity contribution >= 4 is 18.2 Å². The van der Waals surface area contributed by atoms with Gasteiger partial charge in [-0.15, -0.1) is 12.4 Å². The second kappa shape index (κ2) is 8.90. The Morgan fingerprint density at radius 1 is 1.24 bits per heavy atom. The number of ketones is 1. The van der Waals surface area contributed by atoms with Crippen LogP contribution in [0.3, 0.4) is 0 Å². The third kappa shape index (κ3) is 4.61. The average molecular weight is 314 g/mol. The van der Waals surface area contributed by atoms with Crippen molar-refractivity contribution < 1.29 is 14.3 Å². The third-order valence-corrected chi connectivity index (χ3v) is 3.46. The Morgan fingerprint density at radius 2 is 2.00 bits per heavy atom. The van der Waals surface area contributed by atoms with E-state index >= 15 is 0 Å². The van der Waals surface area contributed by atoms with Crippen LogP contribution in [0.4, 0.5) is 0 Å². The molecule has 0 radical (unpaired) electrons. The number of carbonyl (C=O) groups is 1. The first-order valence-corrected chi connectivity index (χ1v) is 7.43. The van der Waals surface area contributed by atoms with E-state index in [1.807, 2.05) is 12.1 Å². The molecule has 0 aliphatic carbocycles. The Kier molecular flexibility index (Phi) is 7.54. The number of halogens is 1. The Hall–Kier alpha value is -1.26. The summed E-state index contributed by atoms with van der Waals surface area (Å²) in [5.41, 5.74) is 0.693. The largest absolute Gasteiger partial charge is 0.454 e. The van der Waals surface area contributed by atoms with E-state index in [0.29, 0.717) is 17.1 Å². The lowest BCUT2D eigenvalue weighted by Gasteiger charge is -2.17. The van der Waals surface area contributed by atoms with Crippen LogP contribution >= 0.6 is 12.4 Å². The van der Waals surface area contributed by atoms with Crippen LogP contribution in [0, 0.1) is 0 Å². The highest BCUT2D eigenvalue weighted by Gasteiger charge is 2.22. The molecule has 1 aromatic rings. The minimum absolute atomic E-state index is 0. The first kappa shape index (κ1) is 17.8. The summed E-state index contributed by atoms with van der Waals surface area (Å²) in [6, 6.07) is 5.32. The van der Waals surface area contributed by atoms with Gasteiger partial charge in [-0.3, -0.25) is 4.79 Å². The molecular weight excluding hydrogens is 290 g/mol. The predicted molar refractivity (Wildman–Crippen MR) is 85.8 cm³/mol. The molecule has 5 heteroatoms. The van der Waals surface area contributed by atoms with E-state index in [1.165, 1.54) is 0 Å². The van der Waals surface area contributed by atoms with Gasteiger partial charge in [0, 0.05) is 5.56 Å². The van der Waals surface area contributed by atoms with Gasteiger partial charge in [-0.25, -0.2) is 0 Å². The standard InChI is InChI=1S/C16H23NO3.ClH/c1-3-5-6-13(17-9-4-2)16(18)12-7-8-14-15(10-12)20-11-19-14;/h7-8,10,13,17H,3-6,9,11H2,1-2H3;1H. The molecule has 0 amide bonds. The molecular formula is C16H24ClNO3. The number of ether oxygens (including phenoxy) is 2. The fraction of sp³-hybridized carbons (Fsp3) is 0.562. The van der Waals surface area contributed by atoms with Crippen LogP contribution in [-0.2, 0) is 0 Å². The summed E-state index contributed by atoms with van der Waals surface area (Å²) in [7, 11) is 0. The zero-order valence-corrected chi connectivity index (χ0v) is 13.5. The quantitative estimate of drug-likeness (QED) is 0.745. The Labute approximate surface area is 132 Å². The zero-order chi connectivity index (χ0) is 14.4. The van der Waals surface area contributed by atoms with Gasteiger partial charge in [0.25, 0.3) is 0 Å².